The first kappa shape index (κ1) is 29.7. The number of aryl methyl sites for hydroxylation is 1. The van der Waals surface area contributed by atoms with Gasteiger partial charge in [0.25, 0.3) is 0 Å². The SMILES string of the molecule is CN.COc1cc(CC(=O)CCOc2ccc(C(=O)O)cc2OC)ccc1NC(=O)Nc1ccccc1C. The minimum absolute atomic E-state index is 0.0591. The van der Waals surface area contributed by atoms with Crippen LogP contribution in [0.3, 0.4) is 0 Å². The number of hydrogen-bond donors (Lipinski definition) is 4. The number of methoxy groups -OCH3 is 2. The van der Waals surface area contributed by atoms with Gasteiger partial charge >= 0.3 is 12.0 Å². The van der Waals surface area contributed by atoms with Crippen molar-refractivity contribution in [2.45, 2.75) is 19.8 Å². The Hall–Kier alpha value is -4.57. The summed E-state index contributed by atoms with van der Waals surface area (Å²) in [6.45, 7) is 2.01. The van der Waals surface area contributed by atoms with E-state index in [1.54, 1.807) is 18.2 Å². The average Bonchev–Trinajstić information content (AvgIpc) is 2.92. The molecule has 0 aromatic heterocycles. The number of Topliss-reactive ketones (excluding diaryl/α,β-unsaturated/α-hetero) is 1. The summed E-state index contributed by atoms with van der Waals surface area (Å²) in [5.74, 6) is -0.0625. The molecule has 0 aliphatic carbocycles. The number of carboxylic acid groups (broad SMARTS) is 1. The van der Waals surface area contributed by atoms with Crippen LogP contribution in [0.1, 0.15) is 27.9 Å². The summed E-state index contributed by atoms with van der Waals surface area (Å²) < 4.78 is 16.2. The van der Waals surface area contributed by atoms with Crippen molar-refractivity contribution in [3.8, 4) is 17.2 Å². The standard InChI is InChI=1S/C27H28N2O7.CH5N/c1-17-6-4-5-7-21(17)28-27(33)29-22-10-8-18(15-24(22)34-2)14-20(30)12-13-36-23-11-9-19(26(31)32)16-25(23)35-3;1-2/h4-11,15-16H,12-14H2,1-3H3,(H,31,32)(H2,28,29,33);2H2,1H3. The minimum atomic E-state index is -1.07. The lowest BCUT2D eigenvalue weighted by atomic mass is 10.1. The van der Waals surface area contributed by atoms with Crippen molar-refractivity contribution < 1.29 is 33.7 Å². The number of anilines is 2. The van der Waals surface area contributed by atoms with Crippen molar-refractivity contribution >= 4 is 29.2 Å². The first-order valence-corrected chi connectivity index (χ1v) is 11.7. The quantitative estimate of drug-likeness (QED) is 0.287. The van der Waals surface area contributed by atoms with Crippen molar-refractivity contribution in [1.29, 1.82) is 0 Å². The van der Waals surface area contributed by atoms with Crippen molar-refractivity contribution in [2.75, 3.05) is 38.5 Å². The van der Waals surface area contributed by atoms with E-state index in [0.29, 0.717) is 22.9 Å². The maximum absolute atomic E-state index is 12.5. The molecular weight excluding hydrogens is 490 g/mol. The Bertz CT molecular complexity index is 1260. The second kappa shape index (κ2) is 14.9. The molecule has 3 aromatic carbocycles. The maximum Gasteiger partial charge on any atom is 0.335 e. The first-order chi connectivity index (χ1) is 18.3. The van der Waals surface area contributed by atoms with Crippen LogP contribution in [0.15, 0.2) is 60.7 Å². The van der Waals surface area contributed by atoms with Crippen LogP contribution < -0.4 is 30.6 Å². The molecule has 0 bridgehead atoms. The molecule has 5 N–H and O–H groups in total. The van der Waals surface area contributed by atoms with Gasteiger partial charge in [-0.3, -0.25) is 4.79 Å². The topological polar surface area (TPSA) is 149 Å². The molecule has 202 valence electrons. The molecule has 38 heavy (non-hydrogen) atoms. The zero-order chi connectivity index (χ0) is 28.1. The Morgan fingerprint density at radius 1 is 0.842 bits per heavy atom. The van der Waals surface area contributed by atoms with Crippen LogP contribution in [-0.4, -0.2) is 50.8 Å². The van der Waals surface area contributed by atoms with Crippen LogP contribution in [0.4, 0.5) is 16.2 Å². The smallest absolute Gasteiger partial charge is 0.335 e. The van der Waals surface area contributed by atoms with Crippen LogP contribution in [-0.2, 0) is 11.2 Å². The lowest BCUT2D eigenvalue weighted by Gasteiger charge is -2.14. The number of carboxylic acids is 1. The zero-order valence-corrected chi connectivity index (χ0v) is 21.9. The van der Waals surface area contributed by atoms with E-state index >= 15 is 0 Å². The van der Waals surface area contributed by atoms with E-state index < -0.39 is 12.0 Å². The third-order valence-electron chi connectivity index (χ3n) is 5.36. The Morgan fingerprint density at radius 3 is 2.18 bits per heavy atom. The fourth-order valence-electron chi connectivity index (χ4n) is 3.45. The lowest BCUT2D eigenvalue weighted by Crippen LogP contribution is -2.20. The van der Waals surface area contributed by atoms with E-state index in [2.05, 4.69) is 16.4 Å². The number of ether oxygens (including phenoxy) is 3. The van der Waals surface area contributed by atoms with Crippen LogP contribution in [0, 0.1) is 6.92 Å². The van der Waals surface area contributed by atoms with E-state index in [9.17, 15) is 14.4 Å². The Balaban J connectivity index is 0.00000247. The summed E-state index contributed by atoms with van der Waals surface area (Å²) in [5.41, 5.74) is 7.42. The minimum Gasteiger partial charge on any atom is -0.495 e. The Labute approximate surface area is 221 Å². The largest absolute Gasteiger partial charge is 0.495 e. The van der Waals surface area contributed by atoms with Crippen LogP contribution >= 0.6 is 0 Å². The van der Waals surface area contributed by atoms with Gasteiger partial charge in [-0.1, -0.05) is 24.3 Å². The fourth-order valence-corrected chi connectivity index (χ4v) is 3.45. The molecule has 2 amide bonds. The van der Waals surface area contributed by atoms with E-state index in [0.717, 1.165) is 11.1 Å². The van der Waals surface area contributed by atoms with E-state index in [1.165, 1.54) is 39.5 Å². The highest BCUT2D eigenvalue weighted by atomic mass is 16.5. The molecule has 0 unspecified atom stereocenters. The Kier molecular flexibility index (Phi) is 11.6. The highest BCUT2D eigenvalue weighted by molar-refractivity contribution is 6.01. The van der Waals surface area contributed by atoms with Gasteiger partial charge in [0, 0.05) is 18.5 Å². The molecule has 0 atom stereocenters. The molecule has 3 rings (SSSR count). The van der Waals surface area contributed by atoms with Gasteiger partial charge in [-0.25, -0.2) is 9.59 Å². The highest BCUT2D eigenvalue weighted by Gasteiger charge is 2.13. The first-order valence-electron chi connectivity index (χ1n) is 11.7. The van der Waals surface area contributed by atoms with Gasteiger partial charge in [-0.05, 0) is 61.5 Å². The van der Waals surface area contributed by atoms with E-state index in [-0.39, 0.29) is 36.5 Å². The number of amides is 2. The summed E-state index contributed by atoms with van der Waals surface area (Å²) in [6, 6.07) is 16.4. The zero-order valence-electron chi connectivity index (χ0n) is 21.9. The average molecular weight is 524 g/mol. The number of benzene rings is 3. The number of urea groups is 1. The molecule has 10 nitrogen and oxygen atoms in total. The van der Waals surface area contributed by atoms with Gasteiger partial charge in [0.15, 0.2) is 11.5 Å². The van der Waals surface area contributed by atoms with Crippen molar-refractivity contribution in [3.05, 3.63) is 77.4 Å². The number of para-hydroxylation sites is 1. The van der Waals surface area contributed by atoms with Crippen LogP contribution in [0.2, 0.25) is 0 Å². The number of carbonyl (C=O) groups excluding carboxylic acids is 2. The summed E-state index contributed by atoms with van der Waals surface area (Å²) in [7, 11) is 4.40. The van der Waals surface area contributed by atoms with Gasteiger partial charge in [-0.15, -0.1) is 0 Å². The van der Waals surface area contributed by atoms with Crippen LogP contribution in [0.5, 0.6) is 17.2 Å². The fraction of sp³-hybridized carbons (Fsp3) is 0.250. The number of rotatable bonds is 11. The summed E-state index contributed by atoms with van der Waals surface area (Å²) in [4.78, 5) is 36.0. The summed E-state index contributed by atoms with van der Waals surface area (Å²) in [6.07, 6.45) is 0.301. The monoisotopic (exact) mass is 523 g/mol. The molecule has 0 heterocycles. The van der Waals surface area contributed by atoms with Gasteiger partial charge in [0.05, 0.1) is 32.1 Å². The van der Waals surface area contributed by atoms with Crippen molar-refractivity contribution in [2.24, 2.45) is 5.73 Å². The molecule has 10 heteroatoms. The van der Waals surface area contributed by atoms with Gasteiger partial charge in [-0.2, -0.15) is 0 Å². The third-order valence-corrected chi connectivity index (χ3v) is 5.36. The highest BCUT2D eigenvalue weighted by Crippen LogP contribution is 2.29. The molecule has 0 saturated carbocycles. The molecule has 0 radical (unpaired) electrons. The Morgan fingerprint density at radius 2 is 1.53 bits per heavy atom. The predicted molar refractivity (Wildman–Crippen MR) is 146 cm³/mol. The third kappa shape index (κ3) is 8.52. The van der Waals surface area contributed by atoms with Gasteiger partial charge < -0.3 is 35.7 Å². The van der Waals surface area contributed by atoms with Crippen molar-refractivity contribution in [1.82, 2.24) is 0 Å². The molecular formula is C28H33N3O7. The summed E-state index contributed by atoms with van der Waals surface area (Å²) >= 11 is 0. The number of nitrogens with two attached hydrogens (primary N) is 1. The van der Waals surface area contributed by atoms with E-state index in [4.69, 9.17) is 19.3 Å². The van der Waals surface area contributed by atoms with Gasteiger partial charge in [0.1, 0.15) is 11.5 Å². The van der Waals surface area contributed by atoms with Crippen LogP contribution in [0.25, 0.3) is 0 Å². The molecule has 0 aliphatic rings. The molecule has 0 fully saturated rings. The molecule has 3 aromatic rings. The molecule has 0 aliphatic heterocycles. The number of ketones is 1. The second-order valence-electron chi connectivity index (χ2n) is 7.91. The van der Waals surface area contributed by atoms with Crippen molar-refractivity contribution in [3.63, 3.8) is 0 Å². The number of nitrogens with one attached hydrogen (secondary N) is 2. The lowest BCUT2D eigenvalue weighted by molar-refractivity contribution is -0.118. The number of aromatic carboxylic acids is 1. The maximum atomic E-state index is 12.5. The van der Waals surface area contributed by atoms with E-state index in [1.807, 2.05) is 31.2 Å². The predicted octanol–water partition coefficient (Wildman–Crippen LogP) is 4.51. The number of carbonyl (C=O) groups is 3. The van der Waals surface area contributed by atoms with Gasteiger partial charge in [0.2, 0.25) is 0 Å². The molecule has 0 spiro atoms. The number of hydrogen-bond acceptors (Lipinski definition) is 7. The molecule has 0 saturated heterocycles. The summed E-state index contributed by atoms with van der Waals surface area (Å²) in [5, 5.41) is 14.6. The second-order valence-corrected chi connectivity index (χ2v) is 7.91. The normalized spacial score (nSPS) is 9.92.